The minimum Gasteiger partial charge on any atom is -0.374 e. The molecule has 0 radical (unpaired) electrons. The van der Waals surface area contributed by atoms with E-state index in [0.29, 0.717) is 18.7 Å². The van der Waals surface area contributed by atoms with Crippen LogP contribution in [0.4, 0.5) is 11.4 Å². The number of hydrogen-bond donors (Lipinski definition) is 2. The first-order valence-electron chi connectivity index (χ1n) is 8.81. The summed E-state index contributed by atoms with van der Waals surface area (Å²) in [6.07, 6.45) is 2.19. The van der Waals surface area contributed by atoms with Crippen LogP contribution in [0.3, 0.4) is 0 Å². The molecule has 2 amide bonds. The van der Waals surface area contributed by atoms with Crippen molar-refractivity contribution in [3.05, 3.63) is 33.9 Å². The molecule has 1 aromatic carbocycles. The molecule has 1 aliphatic carbocycles. The van der Waals surface area contributed by atoms with Crippen molar-refractivity contribution in [1.29, 1.82) is 0 Å². The van der Waals surface area contributed by atoms with E-state index in [0.717, 1.165) is 12.8 Å². The van der Waals surface area contributed by atoms with Crippen molar-refractivity contribution in [3.63, 3.8) is 0 Å². The zero-order valence-corrected chi connectivity index (χ0v) is 15.2. The second-order valence-corrected chi connectivity index (χ2v) is 7.96. The highest BCUT2D eigenvalue weighted by Gasteiger charge is 2.37. The first-order valence-corrected chi connectivity index (χ1v) is 8.81. The van der Waals surface area contributed by atoms with E-state index in [4.69, 9.17) is 0 Å². The van der Waals surface area contributed by atoms with Crippen molar-refractivity contribution in [2.24, 2.45) is 0 Å². The molecule has 1 heterocycles. The number of nitro benzene ring substituents is 1. The van der Waals surface area contributed by atoms with Gasteiger partial charge in [0.2, 0.25) is 5.91 Å². The Hall–Kier alpha value is -2.64. The number of amides is 2. The van der Waals surface area contributed by atoms with E-state index in [1.54, 1.807) is 17.0 Å². The molecule has 0 aromatic heterocycles. The van der Waals surface area contributed by atoms with Gasteiger partial charge in [-0.25, -0.2) is 0 Å². The summed E-state index contributed by atoms with van der Waals surface area (Å²) in [6.45, 7) is 6.37. The van der Waals surface area contributed by atoms with E-state index in [-0.39, 0.29) is 40.7 Å². The van der Waals surface area contributed by atoms with Gasteiger partial charge in [-0.15, -0.1) is 0 Å². The molecule has 140 valence electrons. The normalized spacial score (nSPS) is 20.2. The van der Waals surface area contributed by atoms with Crippen LogP contribution in [-0.4, -0.2) is 45.8 Å². The lowest BCUT2D eigenvalue weighted by atomic mass is 10.1. The van der Waals surface area contributed by atoms with Crippen LogP contribution in [0.2, 0.25) is 0 Å². The molecule has 1 saturated heterocycles. The van der Waals surface area contributed by atoms with Crippen LogP contribution in [0.5, 0.6) is 0 Å². The minimum absolute atomic E-state index is 0.0260. The molecule has 1 atom stereocenters. The van der Waals surface area contributed by atoms with Crippen LogP contribution < -0.4 is 10.6 Å². The second-order valence-electron chi connectivity index (χ2n) is 7.96. The first kappa shape index (κ1) is 18.2. The van der Waals surface area contributed by atoms with Gasteiger partial charge in [0.25, 0.3) is 11.6 Å². The van der Waals surface area contributed by atoms with Gasteiger partial charge < -0.3 is 15.5 Å². The number of nitro groups is 1. The van der Waals surface area contributed by atoms with Gasteiger partial charge in [-0.3, -0.25) is 19.7 Å². The fourth-order valence-corrected chi connectivity index (χ4v) is 3.11. The van der Waals surface area contributed by atoms with Crippen LogP contribution in [0.1, 0.15) is 50.4 Å². The lowest BCUT2D eigenvalue weighted by molar-refractivity contribution is -0.384. The molecule has 2 fully saturated rings. The largest absolute Gasteiger partial charge is 0.374 e. The number of nitrogens with zero attached hydrogens (tertiary/aromatic N) is 2. The van der Waals surface area contributed by atoms with Gasteiger partial charge >= 0.3 is 0 Å². The summed E-state index contributed by atoms with van der Waals surface area (Å²) in [5.41, 5.74) is 0.152. The summed E-state index contributed by atoms with van der Waals surface area (Å²) < 4.78 is 0. The molecule has 0 spiro atoms. The Bertz CT molecular complexity index is 752. The van der Waals surface area contributed by atoms with Crippen molar-refractivity contribution in [1.82, 2.24) is 10.2 Å². The van der Waals surface area contributed by atoms with E-state index in [1.165, 1.54) is 6.07 Å². The molecule has 8 nitrogen and oxygen atoms in total. The highest BCUT2D eigenvalue weighted by atomic mass is 16.6. The van der Waals surface area contributed by atoms with Crippen LogP contribution in [0.15, 0.2) is 18.2 Å². The fraction of sp³-hybridized carbons (Fsp3) is 0.556. The van der Waals surface area contributed by atoms with Crippen molar-refractivity contribution in [3.8, 4) is 0 Å². The average molecular weight is 360 g/mol. The smallest absolute Gasteiger partial charge is 0.293 e. The summed E-state index contributed by atoms with van der Waals surface area (Å²) in [5.74, 6) is -0.268. The maximum Gasteiger partial charge on any atom is 0.293 e. The summed E-state index contributed by atoms with van der Waals surface area (Å²) in [5, 5.41) is 17.4. The van der Waals surface area contributed by atoms with Gasteiger partial charge in [0.05, 0.1) is 11.0 Å². The Morgan fingerprint density at radius 1 is 1.27 bits per heavy atom. The molecule has 2 N–H and O–H groups in total. The Kier molecular flexibility index (Phi) is 4.60. The number of hydrogen-bond acceptors (Lipinski definition) is 5. The predicted octanol–water partition coefficient (Wildman–Crippen LogP) is 2.30. The zero-order chi connectivity index (χ0) is 19.1. The van der Waals surface area contributed by atoms with Crippen LogP contribution in [0, 0.1) is 10.1 Å². The number of carbonyl (C=O) groups is 2. The average Bonchev–Trinajstić information content (AvgIpc) is 3.27. The Labute approximate surface area is 152 Å². The van der Waals surface area contributed by atoms with E-state index in [9.17, 15) is 19.7 Å². The number of likely N-dealkylation sites (tertiary alicyclic amines) is 1. The Morgan fingerprint density at radius 3 is 2.50 bits per heavy atom. The Balaban J connectivity index is 1.76. The van der Waals surface area contributed by atoms with Crippen LogP contribution in [0.25, 0.3) is 0 Å². The van der Waals surface area contributed by atoms with Crippen molar-refractivity contribution < 1.29 is 14.5 Å². The maximum atomic E-state index is 12.2. The number of benzene rings is 1. The summed E-state index contributed by atoms with van der Waals surface area (Å²) >= 11 is 0. The van der Waals surface area contributed by atoms with E-state index < -0.39 is 4.92 Å². The number of anilines is 1. The number of nitrogens with one attached hydrogen (secondary N) is 2. The van der Waals surface area contributed by atoms with Crippen LogP contribution >= 0.6 is 0 Å². The zero-order valence-electron chi connectivity index (χ0n) is 15.2. The quantitative estimate of drug-likeness (QED) is 0.619. The molecule has 1 aromatic rings. The van der Waals surface area contributed by atoms with E-state index in [2.05, 4.69) is 10.6 Å². The molecule has 26 heavy (non-hydrogen) atoms. The molecular formula is C18H24N4O4. The van der Waals surface area contributed by atoms with Gasteiger partial charge in [0, 0.05) is 36.2 Å². The summed E-state index contributed by atoms with van der Waals surface area (Å²) in [6, 6.07) is 4.40. The second kappa shape index (κ2) is 6.59. The van der Waals surface area contributed by atoms with Crippen LogP contribution in [-0.2, 0) is 4.79 Å². The number of rotatable bonds is 5. The fourth-order valence-electron chi connectivity index (χ4n) is 3.11. The summed E-state index contributed by atoms with van der Waals surface area (Å²) in [7, 11) is 0. The first-order chi connectivity index (χ1) is 12.1. The van der Waals surface area contributed by atoms with Gasteiger partial charge in [-0.1, -0.05) is 0 Å². The van der Waals surface area contributed by atoms with E-state index in [1.807, 2.05) is 20.8 Å². The Morgan fingerprint density at radius 2 is 1.96 bits per heavy atom. The van der Waals surface area contributed by atoms with Crippen molar-refractivity contribution in [2.45, 2.75) is 57.7 Å². The van der Waals surface area contributed by atoms with Gasteiger partial charge in [-0.05, 0) is 45.7 Å². The highest BCUT2D eigenvalue weighted by Crippen LogP contribution is 2.30. The molecule has 3 rings (SSSR count). The molecule has 1 saturated carbocycles. The van der Waals surface area contributed by atoms with Crippen molar-refractivity contribution >= 4 is 23.2 Å². The molecule has 2 aliphatic rings. The van der Waals surface area contributed by atoms with Crippen molar-refractivity contribution in [2.75, 3.05) is 11.9 Å². The molecular weight excluding hydrogens is 336 g/mol. The summed E-state index contributed by atoms with van der Waals surface area (Å²) in [4.78, 5) is 37.0. The monoisotopic (exact) mass is 360 g/mol. The minimum atomic E-state index is -0.505. The van der Waals surface area contributed by atoms with Gasteiger partial charge in [0.15, 0.2) is 0 Å². The maximum absolute atomic E-state index is 12.2. The molecule has 1 aliphatic heterocycles. The lowest BCUT2D eigenvalue weighted by Crippen LogP contribution is -2.43. The number of carbonyl (C=O) groups excluding carboxylic acids is 2. The SMILES string of the molecule is CC(C)(C)N1CC(Nc2ccc(C(=O)NC3CC3)cc2[N+](=O)[O-])CC1=O. The third kappa shape index (κ3) is 3.95. The third-order valence-corrected chi connectivity index (χ3v) is 4.66. The molecule has 1 unspecified atom stereocenters. The molecule has 0 bridgehead atoms. The standard InChI is InChI=1S/C18H24N4O4/c1-18(2,3)21-10-13(9-16(21)23)19-14-7-4-11(8-15(14)22(25)26)17(24)20-12-5-6-12/h4,7-8,12-13,19H,5-6,9-10H2,1-3H3,(H,20,24). The molecule has 8 heteroatoms. The van der Waals surface area contributed by atoms with E-state index >= 15 is 0 Å². The van der Waals surface area contributed by atoms with Gasteiger partial charge in [-0.2, -0.15) is 0 Å². The topological polar surface area (TPSA) is 105 Å². The highest BCUT2D eigenvalue weighted by molar-refractivity contribution is 5.96. The lowest BCUT2D eigenvalue weighted by Gasteiger charge is -2.32. The van der Waals surface area contributed by atoms with Gasteiger partial charge in [0.1, 0.15) is 5.69 Å². The third-order valence-electron chi connectivity index (χ3n) is 4.66. The predicted molar refractivity (Wildman–Crippen MR) is 97.1 cm³/mol.